The molecule has 19 heavy (non-hydrogen) atoms. The Bertz CT molecular complexity index is 607. The second kappa shape index (κ2) is 6.36. The maximum absolute atomic E-state index is 11.1. The van der Waals surface area contributed by atoms with Gasteiger partial charge < -0.3 is 4.74 Å². The predicted molar refractivity (Wildman–Crippen MR) is 73.2 cm³/mol. The highest BCUT2D eigenvalue weighted by Gasteiger charge is 1.97. The predicted octanol–water partition coefficient (Wildman–Crippen LogP) is 2.66. The van der Waals surface area contributed by atoms with Gasteiger partial charge in [0.1, 0.15) is 0 Å². The lowest BCUT2D eigenvalue weighted by molar-refractivity contribution is -0.136. The number of aromatic nitrogens is 1. The van der Waals surface area contributed by atoms with Gasteiger partial charge in [0.2, 0.25) is 0 Å². The Morgan fingerprint density at radius 3 is 2.63 bits per heavy atom. The lowest BCUT2D eigenvalue weighted by Crippen LogP contribution is -1.99. The van der Waals surface area contributed by atoms with Crippen molar-refractivity contribution in [3.63, 3.8) is 0 Å². The summed E-state index contributed by atoms with van der Waals surface area (Å²) in [5.74, 6) is 4.69. The number of nitrogens with zero attached hydrogens (tertiary/aromatic N) is 1. The molecule has 2 rings (SSSR count). The second-order valence-corrected chi connectivity index (χ2v) is 3.76. The van der Waals surface area contributed by atoms with Crippen LogP contribution in [-0.4, -0.2) is 17.6 Å². The van der Waals surface area contributed by atoms with Crippen molar-refractivity contribution in [1.29, 1.82) is 0 Å². The van der Waals surface area contributed by atoms with Crippen LogP contribution in [-0.2, 0) is 9.53 Å². The van der Waals surface area contributed by atoms with Gasteiger partial charge in [-0.25, -0.2) is 4.79 Å². The lowest BCUT2D eigenvalue weighted by atomic mass is 10.1. The summed E-state index contributed by atoms with van der Waals surface area (Å²) in [6.45, 7) is 2.09. The Labute approximate surface area is 112 Å². The molecule has 1 aromatic heterocycles. The molecule has 1 aromatic carbocycles. The van der Waals surface area contributed by atoms with Crippen molar-refractivity contribution in [1.82, 2.24) is 4.98 Å². The molecular weight excluding hydrogens is 238 g/mol. The van der Waals surface area contributed by atoms with E-state index >= 15 is 0 Å². The smallest absolute Gasteiger partial charge is 0.384 e. The molecule has 0 aliphatic heterocycles. The van der Waals surface area contributed by atoms with Crippen molar-refractivity contribution in [3.05, 3.63) is 54.2 Å². The Morgan fingerprint density at radius 2 is 2.00 bits per heavy atom. The van der Waals surface area contributed by atoms with Crippen molar-refractivity contribution in [2.75, 3.05) is 6.61 Å². The quantitative estimate of drug-likeness (QED) is 0.608. The zero-order valence-electron chi connectivity index (χ0n) is 10.6. The number of hydrogen-bond acceptors (Lipinski definition) is 3. The van der Waals surface area contributed by atoms with Gasteiger partial charge in [-0.2, -0.15) is 0 Å². The zero-order chi connectivity index (χ0) is 13.5. The molecule has 3 nitrogen and oxygen atoms in total. The average molecular weight is 251 g/mol. The Morgan fingerprint density at radius 1 is 1.21 bits per heavy atom. The number of esters is 1. The first-order valence-electron chi connectivity index (χ1n) is 6.00. The standard InChI is InChI=1S/C16H13NO2/c1-2-19-16(18)11-8-13-6-9-14(10-7-13)15-5-3-4-12-17-15/h3-7,9-10,12H,2H2,1H3. The minimum absolute atomic E-state index is 0.339. The van der Waals surface area contributed by atoms with Crippen LogP contribution in [0.5, 0.6) is 0 Å². The van der Waals surface area contributed by atoms with Gasteiger partial charge in [-0.3, -0.25) is 4.98 Å². The maximum atomic E-state index is 11.1. The number of carbonyl (C=O) groups is 1. The fourth-order valence-corrected chi connectivity index (χ4v) is 1.55. The summed E-state index contributed by atoms with van der Waals surface area (Å²) in [5, 5.41) is 0. The minimum atomic E-state index is -0.503. The van der Waals surface area contributed by atoms with Crippen LogP contribution in [0.4, 0.5) is 0 Å². The van der Waals surface area contributed by atoms with Crippen LogP contribution in [0.25, 0.3) is 11.3 Å². The van der Waals surface area contributed by atoms with Gasteiger partial charge in [-0.1, -0.05) is 24.1 Å². The number of pyridine rings is 1. The first-order chi connectivity index (χ1) is 9.29. The van der Waals surface area contributed by atoms with Crippen molar-refractivity contribution in [3.8, 4) is 23.1 Å². The molecule has 0 unspecified atom stereocenters. The van der Waals surface area contributed by atoms with Crippen LogP contribution < -0.4 is 0 Å². The molecule has 0 aliphatic carbocycles. The van der Waals surface area contributed by atoms with Gasteiger partial charge in [-0.15, -0.1) is 0 Å². The molecule has 0 saturated carbocycles. The van der Waals surface area contributed by atoms with E-state index in [4.69, 9.17) is 4.74 Å². The van der Waals surface area contributed by atoms with E-state index < -0.39 is 5.97 Å². The van der Waals surface area contributed by atoms with Gasteiger partial charge >= 0.3 is 5.97 Å². The van der Waals surface area contributed by atoms with Crippen LogP contribution in [0, 0.1) is 11.8 Å². The monoisotopic (exact) mass is 251 g/mol. The fraction of sp³-hybridized carbons (Fsp3) is 0.125. The van der Waals surface area contributed by atoms with Crippen LogP contribution in [0.2, 0.25) is 0 Å². The Balaban J connectivity index is 2.13. The van der Waals surface area contributed by atoms with Crippen molar-refractivity contribution in [2.24, 2.45) is 0 Å². The van der Waals surface area contributed by atoms with E-state index in [1.165, 1.54) is 0 Å². The molecule has 0 N–H and O–H groups in total. The van der Waals surface area contributed by atoms with E-state index in [0.29, 0.717) is 6.61 Å². The van der Waals surface area contributed by atoms with Gasteiger partial charge in [0.15, 0.2) is 0 Å². The molecule has 0 bridgehead atoms. The summed E-state index contributed by atoms with van der Waals surface area (Å²) in [7, 11) is 0. The first-order valence-corrected chi connectivity index (χ1v) is 6.00. The fourth-order valence-electron chi connectivity index (χ4n) is 1.55. The number of hydrogen-bond donors (Lipinski definition) is 0. The summed E-state index contributed by atoms with van der Waals surface area (Å²) in [5.41, 5.74) is 2.70. The zero-order valence-corrected chi connectivity index (χ0v) is 10.6. The topological polar surface area (TPSA) is 39.2 Å². The van der Waals surface area contributed by atoms with Crippen LogP contribution in [0.1, 0.15) is 12.5 Å². The number of carbonyl (C=O) groups excluding carboxylic acids is 1. The highest BCUT2D eigenvalue weighted by atomic mass is 16.5. The van der Waals surface area contributed by atoms with Crippen molar-refractivity contribution < 1.29 is 9.53 Å². The molecule has 94 valence electrons. The first kappa shape index (κ1) is 12.8. The molecule has 1 heterocycles. The molecule has 3 heteroatoms. The van der Waals surface area contributed by atoms with Gasteiger partial charge in [0.25, 0.3) is 0 Å². The van der Waals surface area contributed by atoms with Crippen molar-refractivity contribution in [2.45, 2.75) is 6.92 Å². The van der Waals surface area contributed by atoms with E-state index in [9.17, 15) is 4.79 Å². The average Bonchev–Trinajstić information content (AvgIpc) is 2.47. The van der Waals surface area contributed by atoms with Gasteiger partial charge in [0.05, 0.1) is 12.3 Å². The molecule has 0 aliphatic rings. The van der Waals surface area contributed by atoms with Crippen LogP contribution in [0.15, 0.2) is 48.7 Å². The van der Waals surface area contributed by atoms with E-state index in [2.05, 4.69) is 16.8 Å². The van der Waals surface area contributed by atoms with Crippen LogP contribution >= 0.6 is 0 Å². The van der Waals surface area contributed by atoms with E-state index in [-0.39, 0.29) is 0 Å². The van der Waals surface area contributed by atoms with Gasteiger partial charge in [-0.05, 0) is 31.2 Å². The second-order valence-electron chi connectivity index (χ2n) is 3.76. The molecule has 0 fully saturated rings. The summed E-state index contributed by atoms with van der Waals surface area (Å²) in [4.78, 5) is 15.4. The van der Waals surface area contributed by atoms with Crippen LogP contribution in [0.3, 0.4) is 0 Å². The van der Waals surface area contributed by atoms with Crippen molar-refractivity contribution >= 4 is 5.97 Å². The molecule has 0 amide bonds. The SMILES string of the molecule is CCOC(=O)C#Cc1ccc(-c2ccccn2)cc1. The molecule has 0 atom stereocenters. The molecule has 0 spiro atoms. The third-order valence-electron chi connectivity index (χ3n) is 2.43. The maximum Gasteiger partial charge on any atom is 0.384 e. The Kier molecular flexibility index (Phi) is 4.30. The summed E-state index contributed by atoms with van der Waals surface area (Å²) >= 11 is 0. The van der Waals surface area contributed by atoms with E-state index in [1.807, 2.05) is 42.5 Å². The molecule has 0 saturated heterocycles. The lowest BCUT2D eigenvalue weighted by Gasteiger charge is -1.99. The summed E-state index contributed by atoms with van der Waals surface area (Å²) in [6, 6.07) is 13.3. The molecular formula is C16H13NO2. The summed E-state index contributed by atoms with van der Waals surface area (Å²) < 4.78 is 4.73. The number of benzene rings is 1. The third kappa shape index (κ3) is 3.68. The third-order valence-corrected chi connectivity index (χ3v) is 2.43. The number of rotatable bonds is 2. The van der Waals surface area contributed by atoms with Gasteiger partial charge in [0, 0.05) is 23.2 Å². The van der Waals surface area contributed by atoms with E-state index in [0.717, 1.165) is 16.8 Å². The Hall–Kier alpha value is -2.60. The molecule has 2 aromatic rings. The highest BCUT2D eigenvalue weighted by Crippen LogP contribution is 2.16. The largest absolute Gasteiger partial charge is 0.456 e. The summed E-state index contributed by atoms with van der Waals surface area (Å²) in [6.07, 6.45) is 1.75. The highest BCUT2D eigenvalue weighted by molar-refractivity contribution is 5.89. The number of ether oxygens (including phenoxy) is 1. The molecule has 0 radical (unpaired) electrons. The normalized spacial score (nSPS) is 9.32. The van der Waals surface area contributed by atoms with E-state index in [1.54, 1.807) is 13.1 Å². The minimum Gasteiger partial charge on any atom is -0.456 e.